The van der Waals surface area contributed by atoms with Crippen LogP contribution in [0.4, 0.5) is 15.8 Å². The Kier molecular flexibility index (Phi) is 4.47. The van der Waals surface area contributed by atoms with Gasteiger partial charge in [0.05, 0.1) is 7.11 Å². The molecule has 110 valence electrons. The average molecular weight is 353 g/mol. The van der Waals surface area contributed by atoms with Crippen molar-refractivity contribution < 1.29 is 13.9 Å². The van der Waals surface area contributed by atoms with Crippen LogP contribution < -0.4 is 15.8 Å². The van der Waals surface area contributed by atoms with Crippen molar-refractivity contribution in [1.29, 1.82) is 0 Å². The maximum Gasteiger partial charge on any atom is 0.255 e. The van der Waals surface area contributed by atoms with Crippen LogP contribution in [-0.4, -0.2) is 13.0 Å². The minimum atomic E-state index is -0.507. The fraction of sp³-hybridized carbons (Fsp3) is 0.133. The molecule has 0 unspecified atom stereocenters. The van der Waals surface area contributed by atoms with Gasteiger partial charge in [-0.1, -0.05) is 15.9 Å². The molecule has 0 atom stereocenters. The van der Waals surface area contributed by atoms with E-state index < -0.39 is 11.7 Å². The van der Waals surface area contributed by atoms with E-state index in [0.717, 1.165) is 10.5 Å². The molecule has 0 bridgehead atoms. The Balaban J connectivity index is 2.28. The zero-order chi connectivity index (χ0) is 15.6. The summed E-state index contributed by atoms with van der Waals surface area (Å²) in [6, 6.07) is 7.75. The second kappa shape index (κ2) is 6.13. The molecule has 0 aliphatic rings. The SMILES string of the molecule is COc1cc(Br)cc(NC(=O)c2cc(N)c(C)c(F)c2)c1. The van der Waals surface area contributed by atoms with Gasteiger partial charge in [-0.15, -0.1) is 0 Å². The highest BCUT2D eigenvalue weighted by Gasteiger charge is 2.12. The normalized spacial score (nSPS) is 10.3. The molecule has 0 fully saturated rings. The van der Waals surface area contributed by atoms with E-state index in [-0.39, 0.29) is 11.3 Å². The zero-order valence-electron chi connectivity index (χ0n) is 11.5. The van der Waals surface area contributed by atoms with Crippen LogP contribution in [0.3, 0.4) is 0 Å². The van der Waals surface area contributed by atoms with Crippen molar-refractivity contribution in [2.75, 3.05) is 18.2 Å². The molecule has 2 rings (SSSR count). The highest BCUT2D eigenvalue weighted by Crippen LogP contribution is 2.25. The number of anilines is 2. The molecular formula is C15H14BrFN2O2. The first-order valence-corrected chi connectivity index (χ1v) is 6.91. The lowest BCUT2D eigenvalue weighted by molar-refractivity contribution is 0.102. The number of nitrogens with one attached hydrogen (secondary N) is 1. The Morgan fingerprint density at radius 3 is 2.62 bits per heavy atom. The van der Waals surface area contributed by atoms with Gasteiger partial charge in [0.2, 0.25) is 0 Å². The van der Waals surface area contributed by atoms with Crippen LogP contribution in [0.25, 0.3) is 0 Å². The van der Waals surface area contributed by atoms with E-state index in [1.54, 1.807) is 25.1 Å². The fourth-order valence-electron chi connectivity index (χ4n) is 1.79. The zero-order valence-corrected chi connectivity index (χ0v) is 13.1. The van der Waals surface area contributed by atoms with Crippen molar-refractivity contribution >= 4 is 33.2 Å². The second-order valence-electron chi connectivity index (χ2n) is 4.51. The van der Waals surface area contributed by atoms with Crippen molar-refractivity contribution in [1.82, 2.24) is 0 Å². The van der Waals surface area contributed by atoms with E-state index in [1.165, 1.54) is 13.2 Å². The van der Waals surface area contributed by atoms with Crippen molar-refractivity contribution in [2.45, 2.75) is 6.92 Å². The molecule has 1 amide bonds. The predicted octanol–water partition coefficient (Wildman–Crippen LogP) is 3.74. The number of rotatable bonds is 3. The molecule has 3 N–H and O–H groups in total. The quantitative estimate of drug-likeness (QED) is 0.827. The monoisotopic (exact) mass is 352 g/mol. The van der Waals surface area contributed by atoms with Gasteiger partial charge >= 0.3 is 0 Å². The molecule has 6 heteroatoms. The third-order valence-corrected chi connectivity index (χ3v) is 3.47. The Hall–Kier alpha value is -2.08. The van der Waals surface area contributed by atoms with Gasteiger partial charge in [-0.3, -0.25) is 4.79 Å². The Morgan fingerprint density at radius 2 is 2.00 bits per heavy atom. The Bertz CT molecular complexity index is 681. The first-order chi connectivity index (χ1) is 9.90. The molecule has 2 aromatic carbocycles. The van der Waals surface area contributed by atoms with Crippen LogP contribution in [0.15, 0.2) is 34.8 Å². The van der Waals surface area contributed by atoms with Gasteiger partial charge in [0.15, 0.2) is 0 Å². The first kappa shape index (κ1) is 15.3. The van der Waals surface area contributed by atoms with Crippen molar-refractivity contribution in [2.24, 2.45) is 0 Å². The van der Waals surface area contributed by atoms with Crippen LogP contribution >= 0.6 is 15.9 Å². The highest BCUT2D eigenvalue weighted by molar-refractivity contribution is 9.10. The topological polar surface area (TPSA) is 64.3 Å². The second-order valence-corrected chi connectivity index (χ2v) is 5.42. The number of amides is 1. The molecule has 0 aliphatic carbocycles. The van der Waals surface area contributed by atoms with Gasteiger partial charge in [0.1, 0.15) is 11.6 Å². The molecule has 21 heavy (non-hydrogen) atoms. The number of halogens is 2. The van der Waals surface area contributed by atoms with Crippen LogP contribution in [0.1, 0.15) is 15.9 Å². The average Bonchev–Trinajstić information content (AvgIpc) is 2.43. The van der Waals surface area contributed by atoms with Gasteiger partial charge in [0.25, 0.3) is 5.91 Å². The molecule has 0 saturated carbocycles. The van der Waals surface area contributed by atoms with Crippen LogP contribution in [0.5, 0.6) is 5.75 Å². The van der Waals surface area contributed by atoms with Crippen molar-refractivity contribution in [3.8, 4) is 5.75 Å². The van der Waals surface area contributed by atoms with E-state index in [4.69, 9.17) is 10.5 Å². The number of benzene rings is 2. The number of nitrogen functional groups attached to an aromatic ring is 1. The summed E-state index contributed by atoms with van der Waals surface area (Å²) in [5.74, 6) is -0.359. The van der Waals surface area contributed by atoms with Gasteiger partial charge in [-0.25, -0.2) is 4.39 Å². The molecule has 0 saturated heterocycles. The molecule has 2 aromatic rings. The minimum absolute atomic E-state index is 0.162. The summed E-state index contributed by atoms with van der Waals surface area (Å²) < 4.78 is 19.5. The maximum atomic E-state index is 13.6. The molecular weight excluding hydrogens is 339 g/mol. The maximum absolute atomic E-state index is 13.6. The lowest BCUT2D eigenvalue weighted by Crippen LogP contribution is -2.13. The summed E-state index contributed by atoms with van der Waals surface area (Å²) in [6.45, 7) is 1.56. The third-order valence-electron chi connectivity index (χ3n) is 3.01. The number of methoxy groups -OCH3 is 1. The summed E-state index contributed by atoms with van der Waals surface area (Å²) in [4.78, 5) is 12.2. The standard InChI is InChI=1S/C15H14BrFN2O2/c1-8-13(17)3-9(4-14(8)18)15(20)19-11-5-10(16)6-12(7-11)21-2/h3-7H,18H2,1-2H3,(H,19,20). The number of carbonyl (C=O) groups excluding carboxylic acids is 1. The van der Waals surface area contributed by atoms with Gasteiger partial charge < -0.3 is 15.8 Å². The lowest BCUT2D eigenvalue weighted by atomic mass is 10.1. The van der Waals surface area contributed by atoms with Gasteiger partial charge in [0, 0.05) is 33.0 Å². The van der Waals surface area contributed by atoms with E-state index >= 15 is 0 Å². The van der Waals surface area contributed by atoms with Crippen molar-refractivity contribution in [3.05, 3.63) is 51.7 Å². The van der Waals surface area contributed by atoms with E-state index in [2.05, 4.69) is 21.2 Å². The Labute approximate surface area is 130 Å². The first-order valence-electron chi connectivity index (χ1n) is 6.12. The number of ether oxygens (including phenoxy) is 1. The number of carbonyl (C=O) groups is 1. The van der Waals surface area contributed by atoms with E-state index in [0.29, 0.717) is 17.0 Å². The molecule has 4 nitrogen and oxygen atoms in total. The third kappa shape index (κ3) is 3.52. The lowest BCUT2D eigenvalue weighted by Gasteiger charge is -2.10. The summed E-state index contributed by atoms with van der Waals surface area (Å²) in [5, 5.41) is 2.68. The Morgan fingerprint density at radius 1 is 1.29 bits per heavy atom. The summed E-state index contributed by atoms with van der Waals surface area (Å²) >= 11 is 3.32. The molecule has 0 spiro atoms. The largest absolute Gasteiger partial charge is 0.497 e. The number of hydrogen-bond acceptors (Lipinski definition) is 3. The smallest absolute Gasteiger partial charge is 0.255 e. The molecule has 0 aliphatic heterocycles. The van der Waals surface area contributed by atoms with E-state index in [9.17, 15) is 9.18 Å². The number of hydrogen-bond donors (Lipinski definition) is 2. The summed E-state index contributed by atoms with van der Waals surface area (Å²) in [7, 11) is 1.53. The number of nitrogens with two attached hydrogens (primary N) is 1. The van der Waals surface area contributed by atoms with Gasteiger partial charge in [-0.05, 0) is 31.2 Å². The summed E-state index contributed by atoms with van der Waals surface area (Å²) in [6.07, 6.45) is 0. The molecule has 0 aromatic heterocycles. The van der Waals surface area contributed by atoms with E-state index in [1.807, 2.05) is 0 Å². The summed E-state index contributed by atoms with van der Waals surface area (Å²) in [5.41, 5.74) is 6.94. The predicted molar refractivity (Wildman–Crippen MR) is 84.2 cm³/mol. The van der Waals surface area contributed by atoms with Crippen LogP contribution in [0, 0.1) is 12.7 Å². The minimum Gasteiger partial charge on any atom is -0.497 e. The fourth-order valence-corrected chi connectivity index (χ4v) is 2.26. The molecule has 0 radical (unpaired) electrons. The van der Waals surface area contributed by atoms with Crippen molar-refractivity contribution in [3.63, 3.8) is 0 Å². The molecule has 0 heterocycles. The highest BCUT2D eigenvalue weighted by atomic mass is 79.9. The van der Waals surface area contributed by atoms with Gasteiger partial charge in [-0.2, -0.15) is 0 Å². The van der Waals surface area contributed by atoms with Crippen LogP contribution in [-0.2, 0) is 0 Å². The van der Waals surface area contributed by atoms with Crippen LogP contribution in [0.2, 0.25) is 0 Å².